The van der Waals surface area contributed by atoms with Crippen LogP contribution in [0.5, 0.6) is 0 Å². The molecule has 9 atom stereocenters. The number of cyclic esters (lactones) is 1. The first-order valence-corrected chi connectivity index (χ1v) is 13.3. The number of carboxylic acids is 1. The molecule has 1 unspecified atom stereocenters. The minimum atomic E-state index is -0.663. The number of carbonyl (C=O) groups is 2. The molecule has 4 fully saturated rings. The lowest BCUT2D eigenvalue weighted by molar-refractivity contribution is -0.155. The standard InChI is InChI=1S/C29H42O4/c1-6-20-8-10-23-27(5)13-11-21(19(3)22-9-7-18(2)25(32)33-22)26(27,4)15-16-29(23)17-28(20,29)14-12-24(30)31/h6-7,19-23H,1,8-17H2,2-5H3,(H,30,31)/t19-,20?,21+,22+,23-,26+,27-,28+,29-/m0/s1. The molecule has 5 aliphatic rings. The summed E-state index contributed by atoms with van der Waals surface area (Å²) in [6, 6.07) is 0. The van der Waals surface area contributed by atoms with Crippen LogP contribution in [0, 0.1) is 45.3 Å². The smallest absolute Gasteiger partial charge is 0.333 e. The second-order valence-corrected chi connectivity index (χ2v) is 12.8. The van der Waals surface area contributed by atoms with E-state index in [1.54, 1.807) is 0 Å². The molecular weight excluding hydrogens is 412 g/mol. The van der Waals surface area contributed by atoms with Gasteiger partial charge in [0.2, 0.25) is 0 Å². The maximum absolute atomic E-state index is 12.2. The molecule has 0 bridgehead atoms. The Morgan fingerprint density at radius 3 is 2.67 bits per heavy atom. The van der Waals surface area contributed by atoms with Crippen molar-refractivity contribution in [2.24, 2.45) is 45.3 Å². The first-order valence-electron chi connectivity index (χ1n) is 13.3. The van der Waals surface area contributed by atoms with Crippen LogP contribution in [0.25, 0.3) is 0 Å². The van der Waals surface area contributed by atoms with Crippen molar-refractivity contribution in [2.45, 2.75) is 98.0 Å². The fraction of sp³-hybridized carbons (Fsp3) is 0.793. The molecule has 182 valence electrons. The summed E-state index contributed by atoms with van der Waals surface area (Å²) in [5.74, 6) is 1.25. The van der Waals surface area contributed by atoms with Crippen molar-refractivity contribution in [3.63, 3.8) is 0 Å². The van der Waals surface area contributed by atoms with E-state index >= 15 is 0 Å². The van der Waals surface area contributed by atoms with Crippen molar-refractivity contribution in [2.75, 3.05) is 0 Å². The number of carboxylic acid groups (broad SMARTS) is 1. The molecule has 1 aliphatic heterocycles. The van der Waals surface area contributed by atoms with Gasteiger partial charge in [0.15, 0.2) is 0 Å². The Labute approximate surface area is 199 Å². The van der Waals surface area contributed by atoms with Gasteiger partial charge >= 0.3 is 11.9 Å². The molecular formula is C29H42O4. The zero-order valence-electron chi connectivity index (χ0n) is 21.0. The number of hydrogen-bond donors (Lipinski definition) is 1. The summed E-state index contributed by atoms with van der Waals surface area (Å²) in [5.41, 5.74) is 1.72. The van der Waals surface area contributed by atoms with Crippen molar-refractivity contribution in [3.05, 3.63) is 24.3 Å². The molecule has 0 aromatic rings. The van der Waals surface area contributed by atoms with Crippen LogP contribution in [-0.4, -0.2) is 23.1 Å². The van der Waals surface area contributed by atoms with Gasteiger partial charge < -0.3 is 9.84 Å². The van der Waals surface area contributed by atoms with E-state index in [1.165, 1.54) is 38.5 Å². The van der Waals surface area contributed by atoms with Gasteiger partial charge in [0.05, 0.1) is 0 Å². The summed E-state index contributed by atoms with van der Waals surface area (Å²) < 4.78 is 5.89. The van der Waals surface area contributed by atoms with Crippen molar-refractivity contribution in [1.82, 2.24) is 0 Å². The third-order valence-electron chi connectivity index (χ3n) is 12.1. The summed E-state index contributed by atoms with van der Waals surface area (Å²) in [6.45, 7) is 13.5. The van der Waals surface area contributed by atoms with Gasteiger partial charge in [0.1, 0.15) is 6.10 Å². The summed E-state index contributed by atoms with van der Waals surface area (Å²) in [4.78, 5) is 23.7. The highest BCUT2D eigenvalue weighted by atomic mass is 16.5. The average molecular weight is 455 g/mol. The first-order chi connectivity index (χ1) is 15.5. The lowest BCUT2D eigenvalue weighted by atomic mass is 9.44. The molecule has 0 radical (unpaired) electrons. The summed E-state index contributed by atoms with van der Waals surface area (Å²) in [7, 11) is 0. The Hall–Kier alpha value is -1.58. The van der Waals surface area contributed by atoms with Crippen LogP contribution >= 0.6 is 0 Å². The van der Waals surface area contributed by atoms with Crippen LogP contribution < -0.4 is 0 Å². The van der Waals surface area contributed by atoms with Crippen LogP contribution in [0.15, 0.2) is 24.3 Å². The van der Waals surface area contributed by atoms with Gasteiger partial charge in [0.25, 0.3) is 0 Å². The van der Waals surface area contributed by atoms with E-state index in [4.69, 9.17) is 4.74 Å². The lowest BCUT2D eigenvalue weighted by Gasteiger charge is -2.61. The van der Waals surface area contributed by atoms with Crippen molar-refractivity contribution in [3.8, 4) is 0 Å². The Morgan fingerprint density at radius 1 is 1.24 bits per heavy atom. The zero-order valence-corrected chi connectivity index (χ0v) is 21.0. The summed E-state index contributed by atoms with van der Waals surface area (Å²) >= 11 is 0. The number of aliphatic carboxylic acids is 1. The normalized spacial score (nSPS) is 49.1. The Morgan fingerprint density at radius 2 is 2.00 bits per heavy atom. The number of esters is 1. The summed E-state index contributed by atoms with van der Waals surface area (Å²) in [6.07, 6.45) is 14.6. The fourth-order valence-electron chi connectivity index (χ4n) is 10.1. The van der Waals surface area contributed by atoms with Gasteiger partial charge in [-0.3, -0.25) is 4.79 Å². The molecule has 4 aliphatic carbocycles. The molecule has 1 N–H and O–H groups in total. The molecule has 4 heteroatoms. The van der Waals surface area contributed by atoms with E-state index in [0.29, 0.717) is 29.1 Å². The van der Waals surface area contributed by atoms with Crippen LogP contribution in [0.4, 0.5) is 0 Å². The molecule has 4 saturated carbocycles. The Bertz CT molecular complexity index is 905. The van der Waals surface area contributed by atoms with Gasteiger partial charge in [-0.15, -0.1) is 6.58 Å². The topological polar surface area (TPSA) is 63.6 Å². The SMILES string of the molecule is C=CC1CC[C@@H]2[C@]3(CC[C@]4(C)[C@@H]([C@H](C)[C@H]5CC=C(C)C(=O)O5)CC[C@@]24C)C[C@]13CCC(=O)O. The van der Waals surface area contributed by atoms with Crippen LogP contribution in [-0.2, 0) is 14.3 Å². The van der Waals surface area contributed by atoms with E-state index in [9.17, 15) is 14.7 Å². The van der Waals surface area contributed by atoms with E-state index in [-0.39, 0.29) is 34.7 Å². The predicted octanol–water partition coefficient (Wildman–Crippen LogP) is 6.55. The highest BCUT2D eigenvalue weighted by molar-refractivity contribution is 5.88. The van der Waals surface area contributed by atoms with Gasteiger partial charge in [-0.2, -0.15) is 0 Å². The maximum Gasteiger partial charge on any atom is 0.333 e. The minimum Gasteiger partial charge on any atom is -0.481 e. The first kappa shape index (κ1) is 23.2. The maximum atomic E-state index is 12.2. The van der Waals surface area contributed by atoms with E-state index < -0.39 is 5.97 Å². The van der Waals surface area contributed by atoms with Crippen LogP contribution in [0.2, 0.25) is 0 Å². The minimum absolute atomic E-state index is 0.00616. The lowest BCUT2D eigenvalue weighted by Crippen LogP contribution is -2.54. The van der Waals surface area contributed by atoms with Crippen molar-refractivity contribution in [1.29, 1.82) is 0 Å². The molecule has 0 aromatic carbocycles. The number of hydrogen-bond acceptors (Lipinski definition) is 3. The van der Waals surface area contributed by atoms with Gasteiger partial charge in [0, 0.05) is 18.4 Å². The van der Waals surface area contributed by atoms with Crippen LogP contribution in [0.1, 0.15) is 91.9 Å². The number of fused-ring (bicyclic) bond motifs is 2. The third kappa shape index (κ3) is 2.94. The Balaban J connectivity index is 1.42. The predicted molar refractivity (Wildman–Crippen MR) is 128 cm³/mol. The third-order valence-corrected chi connectivity index (χ3v) is 12.1. The molecule has 0 amide bonds. The van der Waals surface area contributed by atoms with Crippen LogP contribution in [0.3, 0.4) is 0 Å². The Kier molecular flexibility index (Phi) is 5.24. The largest absolute Gasteiger partial charge is 0.481 e. The highest BCUT2D eigenvalue weighted by Crippen LogP contribution is 2.87. The molecule has 1 spiro atoms. The number of rotatable bonds is 6. The van der Waals surface area contributed by atoms with Crippen molar-refractivity contribution >= 4 is 11.9 Å². The monoisotopic (exact) mass is 454 g/mol. The zero-order chi connectivity index (χ0) is 23.8. The molecule has 5 rings (SSSR count). The number of ether oxygens (including phenoxy) is 1. The number of carbonyl (C=O) groups excluding carboxylic acids is 1. The molecule has 0 aromatic heterocycles. The average Bonchev–Trinajstić information content (AvgIpc) is 3.37. The van der Waals surface area contributed by atoms with E-state index in [2.05, 4.69) is 39.5 Å². The summed E-state index contributed by atoms with van der Waals surface area (Å²) in [5, 5.41) is 9.46. The van der Waals surface area contributed by atoms with Crippen molar-refractivity contribution < 1.29 is 19.4 Å². The fourth-order valence-corrected chi connectivity index (χ4v) is 10.1. The molecule has 4 nitrogen and oxygen atoms in total. The van der Waals surface area contributed by atoms with E-state index in [1.807, 2.05) is 6.92 Å². The van der Waals surface area contributed by atoms with E-state index in [0.717, 1.165) is 24.8 Å². The number of allylic oxidation sites excluding steroid dienone is 1. The molecule has 0 saturated heterocycles. The van der Waals surface area contributed by atoms with Gasteiger partial charge in [-0.05, 0) is 104 Å². The van der Waals surface area contributed by atoms with Gasteiger partial charge in [-0.25, -0.2) is 4.79 Å². The molecule has 1 heterocycles. The quantitative estimate of drug-likeness (QED) is 0.365. The highest BCUT2D eigenvalue weighted by Gasteiger charge is 2.79. The molecule has 33 heavy (non-hydrogen) atoms. The van der Waals surface area contributed by atoms with Gasteiger partial charge in [-0.1, -0.05) is 32.9 Å². The second kappa shape index (κ2) is 7.46. The second-order valence-electron chi connectivity index (χ2n) is 12.8.